The van der Waals surface area contributed by atoms with Gasteiger partial charge in [0, 0.05) is 22.4 Å². The molecule has 0 saturated heterocycles. The summed E-state index contributed by atoms with van der Waals surface area (Å²) in [5.74, 6) is -0.235. The summed E-state index contributed by atoms with van der Waals surface area (Å²) < 4.78 is 10.2. The molecule has 0 unspecified atom stereocenters. The van der Waals surface area contributed by atoms with Crippen LogP contribution in [0.25, 0.3) is 11.0 Å². The van der Waals surface area contributed by atoms with E-state index in [0.29, 0.717) is 16.4 Å². The Morgan fingerprint density at radius 3 is 2.71 bits per heavy atom. The van der Waals surface area contributed by atoms with Crippen LogP contribution in [-0.2, 0) is 0 Å². The molecule has 1 heterocycles. The van der Waals surface area contributed by atoms with Crippen LogP contribution in [0.2, 0.25) is 0 Å². The molecule has 0 aliphatic carbocycles. The molecule has 0 aliphatic heterocycles. The maximum atomic E-state index is 12.4. The SMILES string of the molecule is COc1cc(/C=N\NC(=O)c2ccc3nc(SC(C)C)[nH]c3c2)cc([N+](=O)[O-])c1OC. The Hall–Kier alpha value is -3.60. The summed E-state index contributed by atoms with van der Waals surface area (Å²) in [5.41, 5.74) is 4.42. The molecule has 0 fully saturated rings. The number of nitrogens with zero attached hydrogens (tertiary/aromatic N) is 3. The highest BCUT2D eigenvalue weighted by Gasteiger charge is 2.21. The van der Waals surface area contributed by atoms with Crippen LogP contribution in [0.4, 0.5) is 5.69 Å². The van der Waals surface area contributed by atoms with Crippen LogP contribution in [0.3, 0.4) is 0 Å². The standard InChI is InChI=1S/C20H21N5O5S/c1-11(2)31-20-22-14-6-5-13(9-15(14)23-20)19(26)24-21-10-12-7-16(25(27)28)18(30-4)17(8-12)29-3/h5-11H,1-4H3,(H,22,23)(H,24,26)/b21-10-. The molecule has 0 bridgehead atoms. The van der Waals surface area contributed by atoms with Crippen molar-refractivity contribution in [2.45, 2.75) is 24.3 Å². The number of nitro groups is 1. The average molecular weight is 443 g/mol. The van der Waals surface area contributed by atoms with Crippen LogP contribution in [0, 0.1) is 10.1 Å². The van der Waals surface area contributed by atoms with E-state index in [-0.39, 0.29) is 17.2 Å². The number of ether oxygens (including phenoxy) is 2. The van der Waals surface area contributed by atoms with Gasteiger partial charge in [0.1, 0.15) is 0 Å². The largest absolute Gasteiger partial charge is 0.493 e. The highest BCUT2D eigenvalue weighted by Crippen LogP contribution is 2.37. The van der Waals surface area contributed by atoms with Crippen molar-refractivity contribution >= 4 is 40.6 Å². The van der Waals surface area contributed by atoms with Crippen LogP contribution in [0.5, 0.6) is 11.5 Å². The zero-order valence-corrected chi connectivity index (χ0v) is 18.1. The van der Waals surface area contributed by atoms with E-state index in [2.05, 4.69) is 34.3 Å². The lowest BCUT2D eigenvalue weighted by atomic mass is 10.2. The molecular formula is C20H21N5O5S. The lowest BCUT2D eigenvalue weighted by Crippen LogP contribution is -2.17. The molecule has 2 N–H and O–H groups in total. The number of amides is 1. The highest BCUT2D eigenvalue weighted by molar-refractivity contribution is 7.99. The normalized spacial score (nSPS) is 11.3. The van der Waals surface area contributed by atoms with Gasteiger partial charge in [-0.1, -0.05) is 25.6 Å². The number of aromatic amines is 1. The summed E-state index contributed by atoms with van der Waals surface area (Å²) in [7, 11) is 2.70. The maximum Gasteiger partial charge on any atom is 0.315 e. The minimum absolute atomic E-state index is 0.0107. The van der Waals surface area contributed by atoms with Crippen LogP contribution in [0.1, 0.15) is 29.8 Å². The van der Waals surface area contributed by atoms with Crippen LogP contribution < -0.4 is 14.9 Å². The molecule has 0 spiro atoms. The lowest BCUT2D eigenvalue weighted by Gasteiger charge is -2.08. The highest BCUT2D eigenvalue weighted by atomic mass is 32.2. The maximum absolute atomic E-state index is 12.4. The first kappa shape index (κ1) is 22.1. The predicted molar refractivity (Wildman–Crippen MR) is 118 cm³/mol. The molecule has 0 radical (unpaired) electrons. The number of hydrogen-bond donors (Lipinski definition) is 2. The van der Waals surface area contributed by atoms with Gasteiger partial charge in [-0.3, -0.25) is 14.9 Å². The number of aromatic nitrogens is 2. The number of carbonyl (C=O) groups excluding carboxylic acids is 1. The van der Waals surface area contributed by atoms with E-state index in [1.54, 1.807) is 30.0 Å². The van der Waals surface area contributed by atoms with Gasteiger partial charge in [-0.2, -0.15) is 5.10 Å². The fraction of sp³-hybridized carbons (Fsp3) is 0.250. The number of carbonyl (C=O) groups is 1. The van der Waals surface area contributed by atoms with E-state index < -0.39 is 10.8 Å². The fourth-order valence-electron chi connectivity index (χ4n) is 2.81. The van der Waals surface area contributed by atoms with Crippen LogP contribution in [-0.4, -0.2) is 46.5 Å². The number of methoxy groups -OCH3 is 2. The molecule has 3 aromatic rings. The second-order valence-corrected chi connectivity index (χ2v) is 8.24. The number of imidazole rings is 1. The lowest BCUT2D eigenvalue weighted by molar-refractivity contribution is -0.385. The van der Waals surface area contributed by atoms with E-state index in [1.165, 1.54) is 32.6 Å². The minimum Gasteiger partial charge on any atom is -0.493 e. The summed E-state index contributed by atoms with van der Waals surface area (Å²) in [6.07, 6.45) is 1.29. The zero-order valence-electron chi connectivity index (χ0n) is 17.3. The molecule has 162 valence electrons. The molecule has 0 saturated carbocycles. The molecule has 3 rings (SSSR count). The molecule has 2 aromatic carbocycles. The van der Waals surface area contributed by atoms with Gasteiger partial charge in [0.15, 0.2) is 10.9 Å². The summed E-state index contributed by atoms with van der Waals surface area (Å²) in [6, 6.07) is 7.90. The van der Waals surface area contributed by atoms with Crippen LogP contribution >= 0.6 is 11.8 Å². The molecule has 10 nitrogen and oxygen atoms in total. The first-order valence-electron chi connectivity index (χ1n) is 9.22. The quantitative estimate of drug-likeness (QED) is 0.234. The molecule has 1 aromatic heterocycles. The van der Waals surface area contributed by atoms with Crippen molar-refractivity contribution in [3.8, 4) is 11.5 Å². The number of benzene rings is 2. The first-order chi connectivity index (χ1) is 14.8. The van der Waals surface area contributed by atoms with Gasteiger partial charge in [-0.05, 0) is 24.3 Å². The number of nitro benzene ring substituents is 1. The van der Waals surface area contributed by atoms with Crippen molar-refractivity contribution in [1.82, 2.24) is 15.4 Å². The second-order valence-electron chi connectivity index (χ2n) is 6.67. The van der Waals surface area contributed by atoms with E-state index in [0.717, 1.165) is 16.2 Å². The number of rotatable bonds is 8. The van der Waals surface area contributed by atoms with Gasteiger partial charge in [0.2, 0.25) is 5.75 Å². The van der Waals surface area contributed by atoms with Gasteiger partial charge in [0.25, 0.3) is 5.91 Å². The molecular weight excluding hydrogens is 422 g/mol. The number of fused-ring (bicyclic) bond motifs is 1. The van der Waals surface area contributed by atoms with E-state index >= 15 is 0 Å². The van der Waals surface area contributed by atoms with Gasteiger partial charge in [-0.25, -0.2) is 10.4 Å². The molecule has 1 amide bonds. The summed E-state index contributed by atoms with van der Waals surface area (Å²) in [4.78, 5) is 30.8. The number of hydrazone groups is 1. The first-order valence-corrected chi connectivity index (χ1v) is 10.1. The Labute approximate surface area is 182 Å². The van der Waals surface area contributed by atoms with Crippen molar-refractivity contribution < 1.29 is 19.2 Å². The Morgan fingerprint density at radius 2 is 2.06 bits per heavy atom. The van der Waals surface area contributed by atoms with E-state index in [9.17, 15) is 14.9 Å². The minimum atomic E-state index is -0.581. The van der Waals surface area contributed by atoms with Gasteiger partial charge in [-0.15, -0.1) is 0 Å². The van der Waals surface area contributed by atoms with E-state index in [1.807, 2.05) is 0 Å². The number of H-pyrrole nitrogens is 1. The Kier molecular flexibility index (Phi) is 6.75. The number of nitrogens with one attached hydrogen (secondary N) is 2. The van der Waals surface area contributed by atoms with Crippen molar-refractivity contribution in [3.05, 3.63) is 51.6 Å². The van der Waals surface area contributed by atoms with Crippen molar-refractivity contribution in [3.63, 3.8) is 0 Å². The van der Waals surface area contributed by atoms with Crippen molar-refractivity contribution in [2.24, 2.45) is 5.10 Å². The molecule has 0 atom stereocenters. The van der Waals surface area contributed by atoms with Gasteiger partial charge in [0.05, 0.1) is 36.4 Å². The number of hydrogen-bond acceptors (Lipinski definition) is 8. The Balaban J connectivity index is 1.77. The summed E-state index contributed by atoms with van der Waals surface area (Å²) in [6.45, 7) is 4.14. The van der Waals surface area contributed by atoms with Crippen molar-refractivity contribution in [2.75, 3.05) is 14.2 Å². The Morgan fingerprint density at radius 1 is 1.29 bits per heavy atom. The third-order valence-electron chi connectivity index (χ3n) is 4.13. The van der Waals surface area contributed by atoms with Crippen LogP contribution in [0.15, 0.2) is 40.6 Å². The van der Waals surface area contributed by atoms with Gasteiger partial charge < -0.3 is 14.5 Å². The molecule has 31 heavy (non-hydrogen) atoms. The monoisotopic (exact) mass is 443 g/mol. The summed E-state index contributed by atoms with van der Waals surface area (Å²) in [5, 5.41) is 16.3. The average Bonchev–Trinajstić information content (AvgIpc) is 3.13. The topological polar surface area (TPSA) is 132 Å². The Bertz CT molecular complexity index is 1160. The van der Waals surface area contributed by atoms with Crippen molar-refractivity contribution in [1.29, 1.82) is 0 Å². The predicted octanol–water partition coefficient (Wildman–Crippen LogP) is 3.75. The number of thioether (sulfide) groups is 1. The smallest absolute Gasteiger partial charge is 0.315 e. The third kappa shape index (κ3) is 5.12. The fourth-order valence-corrected chi connectivity index (χ4v) is 3.58. The third-order valence-corrected chi connectivity index (χ3v) is 5.02. The van der Waals surface area contributed by atoms with Gasteiger partial charge >= 0.3 is 5.69 Å². The zero-order chi connectivity index (χ0) is 22.5. The second kappa shape index (κ2) is 9.47. The molecule has 0 aliphatic rings. The van der Waals surface area contributed by atoms with E-state index in [4.69, 9.17) is 9.47 Å². The molecule has 11 heteroatoms. The summed E-state index contributed by atoms with van der Waals surface area (Å²) >= 11 is 1.60.